The quantitative estimate of drug-likeness (QED) is 0.259. The van der Waals surface area contributed by atoms with Gasteiger partial charge in [0.2, 0.25) is 5.91 Å². The van der Waals surface area contributed by atoms with Gasteiger partial charge in [0.15, 0.2) is 11.0 Å². The molecule has 1 fully saturated rings. The Hall–Kier alpha value is -4.65. The van der Waals surface area contributed by atoms with Crippen LogP contribution in [0.3, 0.4) is 0 Å². The first-order valence-electron chi connectivity index (χ1n) is 13.3. The minimum atomic E-state index is -4.47. The Morgan fingerprint density at radius 3 is 2.49 bits per heavy atom. The number of aliphatic imine (C=N–C) groups is 1. The van der Waals surface area contributed by atoms with Crippen molar-refractivity contribution >= 4 is 45.9 Å². The van der Waals surface area contributed by atoms with Gasteiger partial charge in [-0.05, 0) is 66.1 Å². The molecule has 1 aliphatic heterocycles. The zero-order chi connectivity index (χ0) is 30.9. The van der Waals surface area contributed by atoms with Crippen molar-refractivity contribution in [3.05, 3.63) is 84.2 Å². The van der Waals surface area contributed by atoms with Crippen LogP contribution in [-0.4, -0.2) is 51.7 Å². The van der Waals surface area contributed by atoms with Gasteiger partial charge in [0, 0.05) is 31.0 Å². The fraction of sp³-hybridized carbons (Fsp3) is 0.233. The van der Waals surface area contributed by atoms with Crippen molar-refractivity contribution in [2.45, 2.75) is 25.9 Å². The number of hydrogen-bond donors (Lipinski definition) is 1. The first kappa shape index (κ1) is 29.8. The highest BCUT2D eigenvalue weighted by atomic mass is 32.2. The summed E-state index contributed by atoms with van der Waals surface area (Å²) in [7, 11) is 3.83. The van der Waals surface area contributed by atoms with Gasteiger partial charge in [-0.2, -0.15) is 18.2 Å². The first-order chi connectivity index (χ1) is 20.4. The van der Waals surface area contributed by atoms with Crippen LogP contribution < -0.4 is 15.1 Å². The molecule has 0 bridgehead atoms. The fourth-order valence-corrected chi connectivity index (χ4v) is 5.32. The van der Waals surface area contributed by atoms with Crippen molar-refractivity contribution in [1.82, 2.24) is 14.8 Å². The third kappa shape index (κ3) is 6.56. The van der Waals surface area contributed by atoms with E-state index in [1.165, 1.54) is 39.8 Å². The van der Waals surface area contributed by atoms with E-state index >= 15 is 0 Å². The average Bonchev–Trinajstić information content (AvgIpc) is 3.60. The van der Waals surface area contributed by atoms with Crippen molar-refractivity contribution in [2.75, 3.05) is 35.0 Å². The molecular weight excluding hydrogens is 579 g/mol. The van der Waals surface area contributed by atoms with Gasteiger partial charge in [-0.15, -0.1) is 5.10 Å². The third-order valence-corrected chi connectivity index (χ3v) is 7.60. The Labute approximate surface area is 250 Å². The molecule has 1 aliphatic rings. The molecule has 2 heterocycles. The molecule has 1 saturated heterocycles. The molecule has 3 amide bonds. The second-order valence-corrected chi connectivity index (χ2v) is 11.2. The van der Waals surface area contributed by atoms with Crippen LogP contribution in [0.25, 0.3) is 17.1 Å². The van der Waals surface area contributed by atoms with Crippen LogP contribution in [0, 0.1) is 0 Å². The summed E-state index contributed by atoms with van der Waals surface area (Å²) in [5.41, 5.74) is 3.08. The lowest BCUT2D eigenvalue weighted by Crippen LogP contribution is -2.31. The maximum Gasteiger partial charge on any atom is 0.416 e. The largest absolute Gasteiger partial charge is 0.416 e. The van der Waals surface area contributed by atoms with E-state index in [-0.39, 0.29) is 23.3 Å². The topological polar surface area (TPSA) is 95.7 Å². The van der Waals surface area contributed by atoms with Gasteiger partial charge in [-0.1, -0.05) is 37.7 Å². The highest BCUT2D eigenvalue weighted by molar-refractivity contribution is 8.15. The summed E-state index contributed by atoms with van der Waals surface area (Å²) in [5, 5.41) is 7.31. The summed E-state index contributed by atoms with van der Waals surface area (Å²) in [5.74, 6) is 0.456. The fourth-order valence-electron chi connectivity index (χ4n) is 4.46. The molecule has 0 aliphatic carbocycles. The number of aromatic nitrogens is 3. The van der Waals surface area contributed by atoms with E-state index in [0.29, 0.717) is 27.9 Å². The number of urea groups is 1. The van der Waals surface area contributed by atoms with Crippen molar-refractivity contribution in [3.63, 3.8) is 0 Å². The van der Waals surface area contributed by atoms with Crippen molar-refractivity contribution in [1.29, 1.82) is 0 Å². The van der Waals surface area contributed by atoms with Crippen molar-refractivity contribution in [3.8, 4) is 17.1 Å². The summed E-state index contributed by atoms with van der Waals surface area (Å²) in [4.78, 5) is 37.7. The summed E-state index contributed by atoms with van der Waals surface area (Å²) in [6.45, 7) is 4.08. The van der Waals surface area contributed by atoms with Crippen molar-refractivity contribution in [2.24, 2.45) is 4.99 Å². The summed E-state index contributed by atoms with van der Waals surface area (Å²) >= 11 is 1.20. The van der Waals surface area contributed by atoms with Crippen LogP contribution in [0.15, 0.2) is 78.0 Å². The number of nitrogens with one attached hydrogen (secondary N) is 1. The number of amides is 3. The average molecular weight is 608 g/mol. The van der Waals surface area contributed by atoms with Crippen LogP contribution in [0.1, 0.15) is 30.9 Å². The van der Waals surface area contributed by atoms with Crippen LogP contribution in [0.4, 0.5) is 35.0 Å². The Balaban J connectivity index is 1.32. The van der Waals surface area contributed by atoms with Gasteiger partial charge in [-0.25, -0.2) is 14.5 Å². The predicted octanol–water partition coefficient (Wildman–Crippen LogP) is 6.81. The molecular formula is C30H28F3N7O2S. The number of nitrogens with zero attached hydrogens (tertiary/aromatic N) is 6. The van der Waals surface area contributed by atoms with Crippen LogP contribution >= 0.6 is 11.8 Å². The number of alkyl halides is 3. The molecule has 13 heteroatoms. The van der Waals surface area contributed by atoms with Gasteiger partial charge >= 0.3 is 12.2 Å². The van der Waals surface area contributed by atoms with E-state index in [2.05, 4.69) is 20.4 Å². The van der Waals surface area contributed by atoms with E-state index in [9.17, 15) is 22.8 Å². The maximum absolute atomic E-state index is 13.1. The zero-order valence-electron chi connectivity index (χ0n) is 23.8. The minimum Gasteiger partial charge on any atom is -0.378 e. The monoisotopic (exact) mass is 607 g/mol. The SMILES string of the molecule is CC(C)c1ccc(N(C)C)cc1N1C(=O)CSC1=NC(=O)Nc1ccc(-c2ncn(-c3cccc(C(F)(F)F)c3)n2)cc1. The molecule has 0 radical (unpaired) electrons. The minimum absolute atomic E-state index is 0.143. The van der Waals surface area contributed by atoms with Crippen LogP contribution in [-0.2, 0) is 11.0 Å². The molecule has 0 unspecified atom stereocenters. The van der Waals surface area contributed by atoms with Gasteiger partial charge in [0.25, 0.3) is 0 Å². The number of amidine groups is 1. The number of thioether (sulfide) groups is 1. The van der Waals surface area contributed by atoms with Gasteiger partial charge in [-0.3, -0.25) is 9.69 Å². The smallest absolute Gasteiger partial charge is 0.378 e. The van der Waals surface area contributed by atoms with Crippen molar-refractivity contribution < 1.29 is 22.8 Å². The van der Waals surface area contributed by atoms with Gasteiger partial charge < -0.3 is 10.2 Å². The molecule has 0 saturated carbocycles. The van der Waals surface area contributed by atoms with E-state index in [4.69, 9.17) is 0 Å². The van der Waals surface area contributed by atoms with Gasteiger partial charge in [0.05, 0.1) is 22.7 Å². The molecule has 3 aromatic carbocycles. The second kappa shape index (κ2) is 11.9. The van der Waals surface area contributed by atoms with Gasteiger partial charge in [0.1, 0.15) is 6.33 Å². The number of carbonyl (C=O) groups excluding carboxylic acids is 2. The summed E-state index contributed by atoms with van der Waals surface area (Å²) in [6, 6.07) is 16.7. The molecule has 4 aromatic rings. The highest BCUT2D eigenvalue weighted by Gasteiger charge is 2.33. The normalized spacial score (nSPS) is 14.6. The van der Waals surface area contributed by atoms with Crippen LogP contribution in [0.5, 0.6) is 0 Å². The number of hydrogen-bond acceptors (Lipinski definition) is 6. The molecule has 0 spiro atoms. The van der Waals surface area contributed by atoms with Crippen LogP contribution in [0.2, 0.25) is 0 Å². The Kier molecular flexibility index (Phi) is 8.27. The Bertz CT molecular complexity index is 1700. The number of rotatable bonds is 6. The summed E-state index contributed by atoms with van der Waals surface area (Å²) < 4.78 is 40.5. The number of benzene rings is 3. The zero-order valence-corrected chi connectivity index (χ0v) is 24.6. The first-order valence-corrected chi connectivity index (χ1v) is 14.3. The molecule has 43 heavy (non-hydrogen) atoms. The second-order valence-electron chi connectivity index (χ2n) is 10.3. The van der Waals surface area contributed by atoms with E-state index in [1.54, 1.807) is 24.3 Å². The van der Waals surface area contributed by atoms with E-state index < -0.39 is 17.8 Å². The van der Waals surface area contributed by atoms with E-state index in [0.717, 1.165) is 23.4 Å². The highest BCUT2D eigenvalue weighted by Crippen LogP contribution is 2.36. The van der Waals surface area contributed by atoms with E-state index in [1.807, 2.05) is 51.0 Å². The lowest BCUT2D eigenvalue weighted by molar-refractivity contribution is -0.137. The number of carbonyl (C=O) groups is 2. The molecule has 1 N–H and O–H groups in total. The predicted molar refractivity (Wildman–Crippen MR) is 163 cm³/mol. The third-order valence-electron chi connectivity index (χ3n) is 6.68. The Morgan fingerprint density at radius 1 is 1.07 bits per heavy atom. The number of halogens is 3. The molecule has 0 atom stereocenters. The molecule has 5 rings (SSSR count). The standard InChI is InChI=1S/C30H28F3N7O2S/c1-18(2)24-13-12-22(38(3)4)15-25(24)40-26(41)16-43-29(40)36-28(42)35-21-10-8-19(9-11-21)27-34-17-39(37-27)23-7-5-6-20(14-23)30(31,32)33/h5-15,17-18H,16H2,1-4H3,(H,35,42). The maximum atomic E-state index is 13.1. The molecule has 1 aromatic heterocycles. The summed E-state index contributed by atoms with van der Waals surface area (Å²) in [6.07, 6.45) is -3.13. The lowest BCUT2D eigenvalue weighted by atomic mass is 9.99. The lowest BCUT2D eigenvalue weighted by Gasteiger charge is -2.24. The number of anilines is 3. The molecule has 222 valence electrons. The molecule has 9 nitrogen and oxygen atoms in total. The Morgan fingerprint density at radius 2 is 1.81 bits per heavy atom.